The van der Waals surface area contributed by atoms with Gasteiger partial charge in [-0.15, -0.1) is 0 Å². The quantitative estimate of drug-likeness (QED) is 0.775. The highest BCUT2D eigenvalue weighted by atomic mass is 16.5. The fraction of sp³-hybridized carbons (Fsp3) is 0.615. The average molecular weight is 281 g/mol. The van der Waals surface area contributed by atoms with Crippen LogP contribution in [0.5, 0.6) is 0 Å². The van der Waals surface area contributed by atoms with Crippen molar-refractivity contribution in [2.75, 3.05) is 0 Å². The molecule has 1 aliphatic carbocycles. The molecule has 0 saturated heterocycles. The fourth-order valence-corrected chi connectivity index (χ4v) is 2.56. The van der Waals surface area contributed by atoms with Crippen LogP contribution in [-0.4, -0.2) is 27.8 Å². The summed E-state index contributed by atoms with van der Waals surface area (Å²) in [5.74, 6) is -0.320. The van der Waals surface area contributed by atoms with E-state index in [0.717, 1.165) is 24.1 Å². The number of aliphatic carboxylic acids is 1. The molecule has 2 amide bonds. The Labute approximate surface area is 116 Å². The van der Waals surface area contributed by atoms with E-state index in [4.69, 9.17) is 4.52 Å². The van der Waals surface area contributed by atoms with Gasteiger partial charge >= 0.3 is 12.0 Å². The minimum Gasteiger partial charge on any atom is -0.480 e. The van der Waals surface area contributed by atoms with E-state index in [1.807, 2.05) is 0 Å². The van der Waals surface area contributed by atoms with Gasteiger partial charge in [-0.3, -0.25) is 0 Å². The topological polar surface area (TPSA) is 104 Å². The van der Waals surface area contributed by atoms with Gasteiger partial charge in [0.2, 0.25) is 0 Å². The zero-order chi connectivity index (χ0) is 14.8. The lowest BCUT2D eigenvalue weighted by Gasteiger charge is -2.25. The summed E-state index contributed by atoms with van der Waals surface area (Å²) in [4.78, 5) is 23.2. The predicted molar refractivity (Wildman–Crippen MR) is 70.2 cm³/mol. The Balaban J connectivity index is 1.94. The van der Waals surface area contributed by atoms with Gasteiger partial charge in [-0.05, 0) is 26.7 Å². The van der Waals surface area contributed by atoms with Crippen molar-refractivity contribution in [1.82, 2.24) is 15.8 Å². The van der Waals surface area contributed by atoms with E-state index in [1.54, 1.807) is 13.8 Å². The lowest BCUT2D eigenvalue weighted by atomic mass is 9.98. The monoisotopic (exact) mass is 281 g/mol. The van der Waals surface area contributed by atoms with E-state index in [9.17, 15) is 14.7 Å². The average Bonchev–Trinajstić information content (AvgIpc) is 2.97. The van der Waals surface area contributed by atoms with Crippen molar-refractivity contribution < 1.29 is 19.2 Å². The van der Waals surface area contributed by atoms with Gasteiger partial charge in [-0.1, -0.05) is 18.0 Å². The molecule has 1 aromatic rings. The normalized spacial score (nSPS) is 16.9. The van der Waals surface area contributed by atoms with Gasteiger partial charge in [0.05, 0.1) is 5.69 Å². The highest BCUT2D eigenvalue weighted by Crippen LogP contribution is 2.29. The number of aryl methyl sites for hydroxylation is 2. The van der Waals surface area contributed by atoms with Crippen LogP contribution < -0.4 is 10.6 Å². The second-order valence-electron chi connectivity index (χ2n) is 5.20. The molecule has 20 heavy (non-hydrogen) atoms. The molecule has 2 rings (SSSR count). The molecule has 1 fully saturated rings. The van der Waals surface area contributed by atoms with Crippen LogP contribution in [0.15, 0.2) is 4.52 Å². The number of carboxylic acids is 1. The van der Waals surface area contributed by atoms with E-state index in [2.05, 4.69) is 15.8 Å². The fourth-order valence-electron chi connectivity index (χ4n) is 2.56. The van der Waals surface area contributed by atoms with Crippen molar-refractivity contribution >= 4 is 12.0 Å². The SMILES string of the molecule is Cc1noc(C)c1CNC(=O)NC1(C(=O)O)CCCC1. The Kier molecular flexibility index (Phi) is 3.96. The summed E-state index contributed by atoms with van der Waals surface area (Å²) in [7, 11) is 0. The van der Waals surface area contributed by atoms with Crippen LogP contribution in [0, 0.1) is 13.8 Å². The van der Waals surface area contributed by atoms with Crippen LogP contribution in [0.25, 0.3) is 0 Å². The van der Waals surface area contributed by atoms with Crippen molar-refractivity contribution in [3.8, 4) is 0 Å². The molecule has 0 aromatic carbocycles. The summed E-state index contributed by atoms with van der Waals surface area (Å²) in [5.41, 5.74) is 0.413. The second-order valence-corrected chi connectivity index (χ2v) is 5.20. The molecular weight excluding hydrogens is 262 g/mol. The Morgan fingerprint density at radius 2 is 2.00 bits per heavy atom. The number of carbonyl (C=O) groups excluding carboxylic acids is 1. The standard InChI is InChI=1S/C13H19N3O4/c1-8-10(9(2)20-16-8)7-14-12(19)15-13(11(17)18)5-3-4-6-13/h3-7H2,1-2H3,(H,17,18)(H2,14,15,19). The first-order chi connectivity index (χ1) is 9.44. The Hall–Kier alpha value is -2.05. The molecule has 7 nitrogen and oxygen atoms in total. The van der Waals surface area contributed by atoms with Crippen molar-refractivity contribution in [3.63, 3.8) is 0 Å². The molecular formula is C13H19N3O4. The molecule has 1 aliphatic rings. The minimum absolute atomic E-state index is 0.267. The van der Waals surface area contributed by atoms with E-state index in [-0.39, 0.29) is 6.54 Å². The highest BCUT2D eigenvalue weighted by Gasteiger charge is 2.42. The van der Waals surface area contributed by atoms with E-state index >= 15 is 0 Å². The summed E-state index contributed by atoms with van der Waals surface area (Å²) < 4.78 is 5.00. The van der Waals surface area contributed by atoms with Crippen LogP contribution >= 0.6 is 0 Å². The first-order valence-electron chi connectivity index (χ1n) is 6.66. The summed E-state index contributed by atoms with van der Waals surface area (Å²) in [6.45, 7) is 3.83. The number of amides is 2. The molecule has 1 saturated carbocycles. The van der Waals surface area contributed by atoms with Crippen LogP contribution in [-0.2, 0) is 11.3 Å². The van der Waals surface area contributed by atoms with Crippen molar-refractivity contribution in [3.05, 3.63) is 17.0 Å². The van der Waals surface area contributed by atoms with Gasteiger partial charge in [0, 0.05) is 12.1 Å². The van der Waals surface area contributed by atoms with Crippen LogP contribution in [0.1, 0.15) is 42.7 Å². The maximum Gasteiger partial charge on any atom is 0.329 e. The molecule has 3 N–H and O–H groups in total. The van der Waals surface area contributed by atoms with E-state index in [1.165, 1.54) is 0 Å². The molecule has 110 valence electrons. The maximum absolute atomic E-state index is 11.9. The molecule has 0 bridgehead atoms. The number of rotatable bonds is 4. The first kappa shape index (κ1) is 14.4. The third-order valence-electron chi connectivity index (χ3n) is 3.83. The van der Waals surface area contributed by atoms with Gasteiger partial charge in [0.1, 0.15) is 11.3 Å². The third-order valence-corrected chi connectivity index (χ3v) is 3.83. The lowest BCUT2D eigenvalue weighted by molar-refractivity contribution is -0.144. The highest BCUT2D eigenvalue weighted by molar-refractivity contribution is 5.86. The Bertz CT molecular complexity index is 498. The number of hydrogen-bond acceptors (Lipinski definition) is 4. The number of nitrogens with zero attached hydrogens (tertiary/aromatic N) is 1. The van der Waals surface area contributed by atoms with E-state index in [0.29, 0.717) is 18.6 Å². The summed E-state index contributed by atoms with van der Waals surface area (Å²) in [6.07, 6.45) is 2.58. The molecule has 0 spiro atoms. The Morgan fingerprint density at radius 3 is 2.50 bits per heavy atom. The van der Waals surface area contributed by atoms with E-state index < -0.39 is 17.5 Å². The largest absolute Gasteiger partial charge is 0.480 e. The number of urea groups is 1. The molecule has 1 heterocycles. The zero-order valence-electron chi connectivity index (χ0n) is 11.7. The minimum atomic E-state index is -1.12. The Morgan fingerprint density at radius 1 is 1.35 bits per heavy atom. The zero-order valence-corrected chi connectivity index (χ0v) is 11.7. The molecule has 0 radical (unpaired) electrons. The number of carbonyl (C=O) groups is 2. The first-order valence-corrected chi connectivity index (χ1v) is 6.66. The number of hydrogen-bond donors (Lipinski definition) is 3. The molecule has 7 heteroatoms. The van der Waals surface area contributed by atoms with Gasteiger partial charge in [-0.2, -0.15) is 0 Å². The summed E-state index contributed by atoms with van der Waals surface area (Å²) in [6, 6.07) is -0.477. The maximum atomic E-state index is 11.9. The lowest BCUT2D eigenvalue weighted by Crippen LogP contribution is -2.55. The third kappa shape index (κ3) is 2.76. The van der Waals surface area contributed by atoms with Gasteiger partial charge < -0.3 is 20.3 Å². The van der Waals surface area contributed by atoms with Crippen molar-refractivity contribution in [1.29, 1.82) is 0 Å². The van der Waals surface area contributed by atoms with Gasteiger partial charge in [-0.25, -0.2) is 9.59 Å². The number of aromatic nitrogens is 1. The van der Waals surface area contributed by atoms with Crippen LogP contribution in [0.3, 0.4) is 0 Å². The summed E-state index contributed by atoms with van der Waals surface area (Å²) >= 11 is 0. The number of nitrogens with one attached hydrogen (secondary N) is 2. The molecule has 0 atom stereocenters. The predicted octanol–water partition coefficient (Wildman–Crippen LogP) is 1.49. The smallest absolute Gasteiger partial charge is 0.329 e. The number of carboxylic acid groups (broad SMARTS) is 1. The molecule has 0 unspecified atom stereocenters. The summed E-state index contributed by atoms with van der Waals surface area (Å²) in [5, 5.41) is 18.3. The van der Waals surface area contributed by atoms with Gasteiger partial charge in [0.25, 0.3) is 0 Å². The van der Waals surface area contributed by atoms with Crippen LogP contribution in [0.2, 0.25) is 0 Å². The van der Waals surface area contributed by atoms with Crippen molar-refractivity contribution in [2.24, 2.45) is 0 Å². The van der Waals surface area contributed by atoms with Crippen molar-refractivity contribution in [2.45, 2.75) is 51.6 Å². The molecule has 1 aromatic heterocycles. The van der Waals surface area contributed by atoms with Crippen LogP contribution in [0.4, 0.5) is 4.79 Å². The molecule has 0 aliphatic heterocycles. The van der Waals surface area contributed by atoms with Gasteiger partial charge in [0.15, 0.2) is 0 Å². The second kappa shape index (κ2) is 5.52.